The second-order valence-corrected chi connectivity index (χ2v) is 2.16. The van der Waals surface area contributed by atoms with Crippen LogP contribution in [0.25, 0.3) is 0 Å². The maximum Gasteiger partial charge on any atom is 0.123 e. The quantitative estimate of drug-likeness (QED) is 0.538. The molecule has 1 rings (SSSR count). The Kier molecular flexibility index (Phi) is 2.15. The molecule has 0 aromatic heterocycles. The first-order chi connectivity index (χ1) is 4.83. The van der Waals surface area contributed by atoms with Gasteiger partial charge >= 0.3 is 0 Å². The third-order valence-electron chi connectivity index (χ3n) is 1.21. The van der Waals surface area contributed by atoms with Crippen molar-refractivity contribution in [3.63, 3.8) is 0 Å². The minimum Gasteiger partial charge on any atom is -0.466 e. The Bertz CT molecular complexity index is 178. The highest BCUT2D eigenvalue weighted by Gasteiger charge is 1.99. The van der Waals surface area contributed by atoms with E-state index in [1.807, 2.05) is 30.4 Å². The summed E-state index contributed by atoms with van der Waals surface area (Å²) in [5.41, 5.74) is 0. The van der Waals surface area contributed by atoms with Gasteiger partial charge in [-0.2, -0.15) is 0 Å². The summed E-state index contributed by atoms with van der Waals surface area (Å²) >= 11 is 0. The van der Waals surface area contributed by atoms with Gasteiger partial charge in [0.2, 0.25) is 0 Å². The molecule has 2 heteroatoms. The molecule has 0 saturated heterocycles. The van der Waals surface area contributed by atoms with Crippen LogP contribution < -0.4 is 0 Å². The van der Waals surface area contributed by atoms with E-state index in [1.165, 1.54) is 0 Å². The van der Waals surface area contributed by atoms with Crippen LogP contribution in [0.15, 0.2) is 37.1 Å². The van der Waals surface area contributed by atoms with Crippen molar-refractivity contribution < 1.29 is 4.74 Å². The fraction of sp³-hybridized carbons (Fsp3) is 0.250. The molecular weight excluding hydrogens is 126 g/mol. The molecule has 1 aliphatic heterocycles. The van der Waals surface area contributed by atoms with Crippen molar-refractivity contribution in [1.82, 2.24) is 4.90 Å². The van der Waals surface area contributed by atoms with E-state index in [0.717, 1.165) is 12.2 Å². The van der Waals surface area contributed by atoms with E-state index in [0.29, 0.717) is 0 Å². The van der Waals surface area contributed by atoms with Crippen molar-refractivity contribution in [2.75, 3.05) is 7.05 Å². The van der Waals surface area contributed by atoms with E-state index in [2.05, 4.69) is 6.58 Å². The molecule has 54 valence electrons. The molecule has 2 nitrogen and oxygen atoms in total. The van der Waals surface area contributed by atoms with Crippen molar-refractivity contribution in [3.8, 4) is 0 Å². The predicted octanol–water partition coefficient (Wildman–Crippen LogP) is 1.84. The zero-order valence-corrected chi connectivity index (χ0v) is 6.08. The molecule has 0 fully saturated rings. The van der Waals surface area contributed by atoms with Crippen molar-refractivity contribution in [2.45, 2.75) is 6.42 Å². The maximum atomic E-state index is 5.16. The average molecular weight is 137 g/mol. The van der Waals surface area contributed by atoms with Crippen LogP contribution in [0.3, 0.4) is 0 Å². The number of ether oxygens (including phenoxy) is 1. The summed E-state index contributed by atoms with van der Waals surface area (Å²) in [6.07, 6.45) is 8.06. The summed E-state index contributed by atoms with van der Waals surface area (Å²) in [5.74, 6) is 0.931. The van der Waals surface area contributed by atoms with Gasteiger partial charge in [-0.15, -0.1) is 6.58 Å². The van der Waals surface area contributed by atoms with Crippen LogP contribution in [0.2, 0.25) is 0 Å². The molecule has 1 aliphatic rings. The number of nitrogens with zero attached hydrogens (tertiary/aromatic N) is 1. The molecule has 0 radical (unpaired) electrons. The van der Waals surface area contributed by atoms with Crippen molar-refractivity contribution in [1.29, 1.82) is 0 Å². The highest BCUT2D eigenvalue weighted by molar-refractivity contribution is 5.04. The van der Waals surface area contributed by atoms with Gasteiger partial charge in [-0.25, -0.2) is 0 Å². The van der Waals surface area contributed by atoms with Gasteiger partial charge < -0.3 is 9.64 Å². The molecule has 0 saturated carbocycles. The number of allylic oxidation sites excluding steroid dienone is 1. The Morgan fingerprint density at radius 2 is 2.60 bits per heavy atom. The van der Waals surface area contributed by atoms with Crippen molar-refractivity contribution in [3.05, 3.63) is 37.1 Å². The molecule has 0 aliphatic carbocycles. The largest absolute Gasteiger partial charge is 0.466 e. The monoisotopic (exact) mass is 137 g/mol. The van der Waals surface area contributed by atoms with Gasteiger partial charge in [0.05, 0.1) is 0 Å². The fourth-order valence-corrected chi connectivity index (χ4v) is 0.757. The van der Waals surface area contributed by atoms with Gasteiger partial charge in [-0.1, -0.05) is 6.08 Å². The van der Waals surface area contributed by atoms with E-state index in [1.54, 1.807) is 6.26 Å². The first-order valence-electron chi connectivity index (χ1n) is 3.20. The summed E-state index contributed by atoms with van der Waals surface area (Å²) < 4.78 is 5.16. The third-order valence-corrected chi connectivity index (χ3v) is 1.21. The van der Waals surface area contributed by atoms with Crippen molar-refractivity contribution >= 4 is 0 Å². The fourth-order valence-electron chi connectivity index (χ4n) is 0.757. The Morgan fingerprint density at radius 3 is 3.20 bits per heavy atom. The Balaban J connectivity index is 2.52. The molecular formula is C8H11NO. The van der Waals surface area contributed by atoms with Gasteiger partial charge in [0.25, 0.3) is 0 Å². The molecule has 0 amide bonds. The summed E-state index contributed by atoms with van der Waals surface area (Å²) in [6.45, 7) is 3.62. The summed E-state index contributed by atoms with van der Waals surface area (Å²) in [5, 5.41) is 0. The van der Waals surface area contributed by atoms with E-state index in [4.69, 9.17) is 4.74 Å². The normalized spacial score (nSPS) is 16.1. The lowest BCUT2D eigenvalue weighted by Crippen LogP contribution is -2.07. The predicted molar refractivity (Wildman–Crippen MR) is 40.9 cm³/mol. The topological polar surface area (TPSA) is 12.5 Å². The van der Waals surface area contributed by atoms with Crippen molar-refractivity contribution in [2.24, 2.45) is 0 Å². The Hall–Kier alpha value is -1.18. The lowest BCUT2D eigenvalue weighted by Gasteiger charge is -2.15. The standard InChI is InChI=1S/C8H11NO/c1-3-4-8-7-9(2)5-6-10-8/h3,5-7H,1,4H2,2H3. The zero-order valence-electron chi connectivity index (χ0n) is 6.08. The van der Waals surface area contributed by atoms with Gasteiger partial charge in [0.1, 0.15) is 12.0 Å². The van der Waals surface area contributed by atoms with E-state index >= 15 is 0 Å². The molecule has 0 aromatic carbocycles. The second-order valence-electron chi connectivity index (χ2n) is 2.16. The second kappa shape index (κ2) is 3.11. The van der Waals surface area contributed by atoms with Gasteiger partial charge in [0, 0.05) is 25.9 Å². The minimum atomic E-state index is 0.786. The van der Waals surface area contributed by atoms with Crippen LogP contribution in [0.4, 0.5) is 0 Å². The highest BCUT2D eigenvalue weighted by Crippen LogP contribution is 2.10. The maximum absolute atomic E-state index is 5.16. The van der Waals surface area contributed by atoms with E-state index < -0.39 is 0 Å². The summed E-state index contributed by atoms with van der Waals surface area (Å²) in [6, 6.07) is 0. The summed E-state index contributed by atoms with van der Waals surface area (Å²) in [7, 11) is 1.96. The minimum absolute atomic E-state index is 0.786. The number of rotatable bonds is 2. The number of hydrogen-bond donors (Lipinski definition) is 0. The lowest BCUT2D eigenvalue weighted by molar-refractivity contribution is 0.306. The molecule has 0 aromatic rings. The van der Waals surface area contributed by atoms with Crippen LogP contribution in [0.5, 0.6) is 0 Å². The first-order valence-corrected chi connectivity index (χ1v) is 3.20. The Morgan fingerprint density at radius 1 is 1.80 bits per heavy atom. The average Bonchev–Trinajstić information content (AvgIpc) is 1.88. The molecule has 1 heterocycles. The SMILES string of the molecule is C=CCC1=CN(C)C=CO1. The zero-order chi connectivity index (χ0) is 7.40. The molecule has 0 N–H and O–H groups in total. The first kappa shape index (κ1) is 6.93. The van der Waals surface area contributed by atoms with Crippen LogP contribution >= 0.6 is 0 Å². The van der Waals surface area contributed by atoms with Crippen LogP contribution in [-0.4, -0.2) is 11.9 Å². The van der Waals surface area contributed by atoms with Crippen LogP contribution in [0, 0.1) is 0 Å². The molecule has 0 unspecified atom stereocenters. The van der Waals surface area contributed by atoms with Crippen LogP contribution in [-0.2, 0) is 4.74 Å². The number of hydrogen-bond acceptors (Lipinski definition) is 2. The smallest absolute Gasteiger partial charge is 0.123 e. The van der Waals surface area contributed by atoms with Gasteiger partial charge in [0.15, 0.2) is 0 Å². The van der Waals surface area contributed by atoms with Gasteiger partial charge in [-0.05, 0) is 0 Å². The third kappa shape index (κ3) is 1.65. The summed E-state index contributed by atoms with van der Waals surface area (Å²) in [4.78, 5) is 1.95. The Labute approximate surface area is 61.1 Å². The van der Waals surface area contributed by atoms with Gasteiger partial charge in [-0.3, -0.25) is 0 Å². The molecule has 0 bridgehead atoms. The molecule has 0 atom stereocenters. The highest BCUT2D eigenvalue weighted by atomic mass is 16.5. The lowest BCUT2D eigenvalue weighted by atomic mass is 10.3. The van der Waals surface area contributed by atoms with Crippen LogP contribution in [0.1, 0.15) is 6.42 Å². The van der Waals surface area contributed by atoms with E-state index in [-0.39, 0.29) is 0 Å². The molecule has 0 spiro atoms. The molecule has 10 heavy (non-hydrogen) atoms. The van der Waals surface area contributed by atoms with E-state index in [9.17, 15) is 0 Å².